The first-order valence-corrected chi connectivity index (χ1v) is 3.73. The standard InChI is InChI=1S/C9H8F2N2O/c10-8-5(2-4-7(13)14)1-3-6(12)9(8)11/h1-4H,12H2,(H2,13,14). The fourth-order valence-corrected chi connectivity index (χ4v) is 0.880. The molecule has 0 fully saturated rings. The van der Waals surface area contributed by atoms with Gasteiger partial charge in [0.05, 0.1) is 5.69 Å². The molecule has 3 nitrogen and oxygen atoms in total. The Balaban J connectivity index is 3.12. The lowest BCUT2D eigenvalue weighted by Gasteiger charge is -2.00. The lowest BCUT2D eigenvalue weighted by Crippen LogP contribution is -2.05. The smallest absolute Gasteiger partial charge is 0.241 e. The minimum absolute atomic E-state index is 0.0736. The van der Waals surface area contributed by atoms with E-state index in [1.165, 1.54) is 12.1 Å². The van der Waals surface area contributed by atoms with E-state index >= 15 is 0 Å². The number of nitrogens with two attached hydrogens (primary N) is 2. The maximum atomic E-state index is 13.1. The third-order valence-corrected chi connectivity index (χ3v) is 1.57. The average Bonchev–Trinajstić information content (AvgIpc) is 2.13. The average molecular weight is 198 g/mol. The molecular formula is C9H8F2N2O. The summed E-state index contributed by atoms with van der Waals surface area (Å²) in [4.78, 5) is 10.3. The third-order valence-electron chi connectivity index (χ3n) is 1.57. The number of benzene rings is 1. The molecule has 0 aliphatic heterocycles. The summed E-state index contributed by atoms with van der Waals surface area (Å²) in [5.41, 5.74) is 9.55. The van der Waals surface area contributed by atoms with Crippen LogP contribution in [0.3, 0.4) is 0 Å². The molecule has 0 heterocycles. The van der Waals surface area contributed by atoms with Crippen LogP contribution < -0.4 is 11.5 Å². The quantitative estimate of drug-likeness (QED) is 0.550. The molecule has 0 bridgehead atoms. The van der Waals surface area contributed by atoms with Crippen LogP contribution in [0.5, 0.6) is 0 Å². The number of hydrogen-bond donors (Lipinski definition) is 2. The highest BCUT2D eigenvalue weighted by molar-refractivity contribution is 5.90. The topological polar surface area (TPSA) is 69.1 Å². The first-order valence-electron chi connectivity index (χ1n) is 3.73. The van der Waals surface area contributed by atoms with E-state index in [1.54, 1.807) is 0 Å². The van der Waals surface area contributed by atoms with Gasteiger partial charge in [-0.05, 0) is 18.2 Å². The zero-order chi connectivity index (χ0) is 10.7. The second-order valence-corrected chi connectivity index (χ2v) is 2.61. The van der Waals surface area contributed by atoms with Gasteiger partial charge in [-0.2, -0.15) is 0 Å². The fourth-order valence-electron chi connectivity index (χ4n) is 0.880. The summed E-state index contributed by atoms with van der Waals surface area (Å²) in [5, 5.41) is 0. The van der Waals surface area contributed by atoms with Gasteiger partial charge in [0, 0.05) is 11.6 Å². The van der Waals surface area contributed by atoms with Crippen LogP contribution in [0, 0.1) is 11.6 Å². The Morgan fingerprint density at radius 1 is 1.29 bits per heavy atom. The molecule has 0 unspecified atom stereocenters. The number of hydrogen-bond acceptors (Lipinski definition) is 2. The van der Waals surface area contributed by atoms with E-state index in [2.05, 4.69) is 0 Å². The number of halogens is 2. The van der Waals surface area contributed by atoms with Crippen molar-refractivity contribution in [3.05, 3.63) is 35.4 Å². The molecule has 74 valence electrons. The van der Waals surface area contributed by atoms with Crippen LogP contribution in [0.15, 0.2) is 18.2 Å². The Labute approximate surface area is 79.0 Å². The minimum atomic E-state index is -1.13. The largest absolute Gasteiger partial charge is 0.396 e. The molecule has 0 atom stereocenters. The normalized spacial score (nSPS) is 10.7. The molecule has 0 aromatic heterocycles. The Morgan fingerprint density at radius 3 is 2.50 bits per heavy atom. The lowest BCUT2D eigenvalue weighted by atomic mass is 10.1. The number of nitrogen functional groups attached to an aromatic ring is 1. The predicted octanol–water partition coefficient (Wildman–Crippen LogP) is 1.05. The number of amides is 1. The molecule has 0 saturated heterocycles. The highest BCUT2D eigenvalue weighted by Crippen LogP contribution is 2.18. The van der Waals surface area contributed by atoms with E-state index in [4.69, 9.17) is 11.5 Å². The maximum Gasteiger partial charge on any atom is 0.241 e. The summed E-state index contributed by atoms with van der Waals surface area (Å²) in [5.74, 6) is -2.96. The summed E-state index contributed by atoms with van der Waals surface area (Å²) < 4.78 is 25.9. The van der Waals surface area contributed by atoms with Gasteiger partial charge in [-0.15, -0.1) is 0 Å². The van der Waals surface area contributed by atoms with Gasteiger partial charge in [-0.1, -0.05) is 0 Å². The Bertz CT molecular complexity index is 402. The zero-order valence-corrected chi connectivity index (χ0v) is 7.13. The van der Waals surface area contributed by atoms with Crippen molar-refractivity contribution in [1.29, 1.82) is 0 Å². The van der Waals surface area contributed by atoms with Crippen LogP contribution in [0.4, 0.5) is 14.5 Å². The number of primary amides is 1. The molecule has 1 aromatic rings. The van der Waals surface area contributed by atoms with Gasteiger partial charge in [-0.25, -0.2) is 8.78 Å². The van der Waals surface area contributed by atoms with Crippen molar-refractivity contribution in [3.63, 3.8) is 0 Å². The number of carbonyl (C=O) groups excluding carboxylic acids is 1. The number of carbonyl (C=O) groups is 1. The van der Waals surface area contributed by atoms with Crippen LogP contribution in [0.2, 0.25) is 0 Å². The highest BCUT2D eigenvalue weighted by atomic mass is 19.2. The molecule has 1 amide bonds. The van der Waals surface area contributed by atoms with Gasteiger partial charge in [0.1, 0.15) is 0 Å². The summed E-state index contributed by atoms with van der Waals surface area (Å²) in [7, 11) is 0. The number of rotatable bonds is 2. The van der Waals surface area contributed by atoms with Gasteiger partial charge < -0.3 is 11.5 Å². The van der Waals surface area contributed by atoms with Crippen LogP contribution >= 0.6 is 0 Å². The molecule has 4 N–H and O–H groups in total. The molecule has 0 aliphatic rings. The van der Waals surface area contributed by atoms with Crippen molar-refractivity contribution in [2.24, 2.45) is 5.73 Å². The van der Waals surface area contributed by atoms with E-state index in [-0.39, 0.29) is 11.3 Å². The number of anilines is 1. The van der Waals surface area contributed by atoms with Gasteiger partial charge in [0.25, 0.3) is 0 Å². The SMILES string of the molecule is NC(=O)C=Cc1ccc(N)c(F)c1F. The zero-order valence-electron chi connectivity index (χ0n) is 7.13. The highest BCUT2D eigenvalue weighted by Gasteiger charge is 2.08. The minimum Gasteiger partial charge on any atom is -0.396 e. The summed E-state index contributed by atoms with van der Waals surface area (Å²) in [6, 6.07) is 2.46. The first kappa shape index (κ1) is 10.2. The van der Waals surface area contributed by atoms with E-state index in [0.29, 0.717) is 0 Å². The maximum absolute atomic E-state index is 13.1. The van der Waals surface area contributed by atoms with Crippen molar-refractivity contribution >= 4 is 17.7 Å². The van der Waals surface area contributed by atoms with Crippen molar-refractivity contribution in [1.82, 2.24) is 0 Å². The van der Waals surface area contributed by atoms with Gasteiger partial charge >= 0.3 is 0 Å². The van der Waals surface area contributed by atoms with Crippen molar-refractivity contribution in [3.8, 4) is 0 Å². The summed E-state index contributed by atoms with van der Waals surface area (Å²) in [6.45, 7) is 0. The van der Waals surface area contributed by atoms with E-state index in [0.717, 1.165) is 12.2 Å². The molecular weight excluding hydrogens is 190 g/mol. The molecule has 5 heteroatoms. The Morgan fingerprint density at radius 2 is 1.93 bits per heavy atom. The third kappa shape index (κ3) is 2.07. The fraction of sp³-hybridized carbons (Fsp3) is 0. The van der Waals surface area contributed by atoms with Gasteiger partial charge in [-0.3, -0.25) is 4.79 Å². The van der Waals surface area contributed by atoms with Gasteiger partial charge in [0.2, 0.25) is 5.91 Å². The molecule has 0 aliphatic carbocycles. The van der Waals surface area contributed by atoms with Crippen LogP contribution in [-0.4, -0.2) is 5.91 Å². The van der Waals surface area contributed by atoms with Crippen LogP contribution in [-0.2, 0) is 4.79 Å². The Kier molecular flexibility index (Phi) is 2.81. The van der Waals surface area contributed by atoms with Crippen molar-refractivity contribution in [2.75, 3.05) is 5.73 Å². The Hall–Kier alpha value is -1.91. The van der Waals surface area contributed by atoms with Crippen LogP contribution in [0.1, 0.15) is 5.56 Å². The molecule has 14 heavy (non-hydrogen) atoms. The second kappa shape index (κ2) is 3.87. The molecule has 1 rings (SSSR count). The monoisotopic (exact) mass is 198 g/mol. The molecule has 1 aromatic carbocycles. The van der Waals surface area contributed by atoms with E-state index in [9.17, 15) is 13.6 Å². The summed E-state index contributed by atoms with van der Waals surface area (Å²) in [6.07, 6.45) is 2.02. The second-order valence-electron chi connectivity index (χ2n) is 2.61. The van der Waals surface area contributed by atoms with Crippen LogP contribution in [0.25, 0.3) is 6.08 Å². The predicted molar refractivity (Wildman–Crippen MR) is 49.0 cm³/mol. The first-order chi connectivity index (χ1) is 6.52. The molecule has 0 radical (unpaired) electrons. The molecule has 0 saturated carbocycles. The van der Waals surface area contributed by atoms with Crippen molar-refractivity contribution in [2.45, 2.75) is 0 Å². The van der Waals surface area contributed by atoms with Crippen molar-refractivity contribution < 1.29 is 13.6 Å². The summed E-state index contributed by atoms with van der Waals surface area (Å²) >= 11 is 0. The van der Waals surface area contributed by atoms with Gasteiger partial charge in [0.15, 0.2) is 11.6 Å². The molecule has 0 spiro atoms. The van der Waals surface area contributed by atoms with E-state index in [1.807, 2.05) is 0 Å². The lowest BCUT2D eigenvalue weighted by molar-refractivity contribution is -0.113. The van der Waals surface area contributed by atoms with E-state index < -0.39 is 17.5 Å².